The summed E-state index contributed by atoms with van der Waals surface area (Å²) in [5, 5.41) is 0. The fourth-order valence-corrected chi connectivity index (χ4v) is 6.10. The molecule has 62 heavy (non-hydrogen) atoms. The number of carbonyl (C=O) groups is 3. The molecule has 0 saturated heterocycles. The SMILES string of the molecule is CC/C=C\C/C=C\C/C=C\C/C=C\C/C=C\C/C=C\CCC(=O)OCC(COC(=O)CCCCCCCCCC)OC(=O)CCCCCC/C=C\C/C=C\C/C=C\C/C=C\CC. The monoisotopic (exact) mass is 857 g/mol. The van der Waals surface area contributed by atoms with Crippen molar-refractivity contribution in [2.45, 2.75) is 200 Å². The predicted octanol–water partition coefficient (Wildman–Crippen LogP) is 16.1. The van der Waals surface area contributed by atoms with E-state index in [1.54, 1.807) is 0 Å². The van der Waals surface area contributed by atoms with Crippen LogP contribution in [0.15, 0.2) is 122 Å². The highest BCUT2D eigenvalue weighted by Gasteiger charge is 2.19. The number of hydrogen-bond acceptors (Lipinski definition) is 6. The van der Waals surface area contributed by atoms with Gasteiger partial charge in [-0.1, -0.05) is 200 Å². The lowest BCUT2D eigenvalue weighted by Crippen LogP contribution is -2.30. The van der Waals surface area contributed by atoms with Gasteiger partial charge in [-0.15, -0.1) is 0 Å². The van der Waals surface area contributed by atoms with Crippen molar-refractivity contribution < 1.29 is 28.6 Å². The van der Waals surface area contributed by atoms with E-state index in [-0.39, 0.29) is 44.0 Å². The molecule has 0 aliphatic rings. The summed E-state index contributed by atoms with van der Waals surface area (Å²) in [4.78, 5) is 37.8. The molecular weight excluding hydrogens is 769 g/mol. The van der Waals surface area contributed by atoms with Crippen LogP contribution in [0.4, 0.5) is 0 Å². The van der Waals surface area contributed by atoms with Gasteiger partial charge in [0.05, 0.1) is 0 Å². The van der Waals surface area contributed by atoms with Gasteiger partial charge in [0, 0.05) is 19.3 Å². The number of ether oxygens (including phenoxy) is 3. The fourth-order valence-electron chi connectivity index (χ4n) is 6.10. The van der Waals surface area contributed by atoms with Crippen molar-refractivity contribution in [1.82, 2.24) is 0 Å². The van der Waals surface area contributed by atoms with Crippen molar-refractivity contribution in [1.29, 1.82) is 0 Å². The Morgan fingerprint density at radius 2 is 0.661 bits per heavy atom. The highest BCUT2D eigenvalue weighted by Crippen LogP contribution is 2.12. The summed E-state index contributed by atoms with van der Waals surface area (Å²) in [7, 11) is 0. The molecule has 0 bridgehead atoms. The van der Waals surface area contributed by atoms with Gasteiger partial charge in [-0.2, -0.15) is 0 Å². The highest BCUT2D eigenvalue weighted by atomic mass is 16.6. The zero-order valence-electron chi connectivity index (χ0n) is 39.6. The van der Waals surface area contributed by atoms with Crippen LogP contribution in [0, 0.1) is 0 Å². The zero-order chi connectivity index (χ0) is 45.1. The van der Waals surface area contributed by atoms with Gasteiger partial charge in [-0.05, 0) is 96.3 Å². The summed E-state index contributed by atoms with van der Waals surface area (Å²) in [6.45, 7) is 6.27. The van der Waals surface area contributed by atoms with Crippen molar-refractivity contribution in [3.63, 3.8) is 0 Å². The third-order valence-corrected chi connectivity index (χ3v) is 9.73. The van der Waals surface area contributed by atoms with Crippen molar-refractivity contribution >= 4 is 17.9 Å². The maximum Gasteiger partial charge on any atom is 0.306 e. The van der Waals surface area contributed by atoms with E-state index < -0.39 is 6.10 Å². The van der Waals surface area contributed by atoms with E-state index in [0.717, 1.165) is 116 Å². The van der Waals surface area contributed by atoms with Crippen molar-refractivity contribution in [3.8, 4) is 0 Å². The maximum absolute atomic E-state index is 12.7. The second-order valence-electron chi connectivity index (χ2n) is 15.6. The lowest BCUT2D eigenvalue weighted by molar-refractivity contribution is -0.166. The quantitative estimate of drug-likeness (QED) is 0.0263. The summed E-state index contributed by atoms with van der Waals surface area (Å²) in [6.07, 6.45) is 67.7. The van der Waals surface area contributed by atoms with Crippen LogP contribution in [0.1, 0.15) is 194 Å². The molecule has 6 heteroatoms. The van der Waals surface area contributed by atoms with Crippen LogP contribution in [-0.4, -0.2) is 37.2 Å². The Labute approximate surface area is 380 Å². The summed E-state index contributed by atoms with van der Waals surface area (Å²) < 4.78 is 16.6. The Kier molecular flexibility index (Phi) is 46.1. The minimum atomic E-state index is -0.821. The average Bonchev–Trinajstić information content (AvgIpc) is 3.27. The third kappa shape index (κ3) is 46.9. The largest absolute Gasteiger partial charge is 0.462 e. The molecule has 0 aromatic rings. The van der Waals surface area contributed by atoms with Gasteiger partial charge in [-0.25, -0.2) is 0 Å². The second-order valence-corrected chi connectivity index (χ2v) is 15.6. The second kappa shape index (κ2) is 49.5. The van der Waals surface area contributed by atoms with Crippen molar-refractivity contribution in [3.05, 3.63) is 122 Å². The molecular formula is C56H88O6. The van der Waals surface area contributed by atoms with Gasteiger partial charge in [0.25, 0.3) is 0 Å². The molecule has 6 nitrogen and oxygen atoms in total. The van der Waals surface area contributed by atoms with Gasteiger partial charge in [0.15, 0.2) is 6.10 Å². The molecule has 1 atom stereocenters. The van der Waals surface area contributed by atoms with E-state index in [0.29, 0.717) is 12.8 Å². The van der Waals surface area contributed by atoms with E-state index in [2.05, 4.69) is 130 Å². The van der Waals surface area contributed by atoms with Crippen LogP contribution in [-0.2, 0) is 28.6 Å². The molecule has 0 heterocycles. The van der Waals surface area contributed by atoms with E-state index in [4.69, 9.17) is 14.2 Å². The lowest BCUT2D eigenvalue weighted by atomic mass is 10.1. The number of allylic oxidation sites excluding steroid dienone is 20. The fraction of sp³-hybridized carbons (Fsp3) is 0.589. The Morgan fingerprint density at radius 3 is 1.08 bits per heavy atom. The van der Waals surface area contributed by atoms with E-state index in [1.165, 1.54) is 32.1 Å². The number of carbonyl (C=O) groups excluding carboxylic acids is 3. The summed E-state index contributed by atoms with van der Waals surface area (Å²) in [5.41, 5.74) is 0. The number of unbranched alkanes of at least 4 members (excludes halogenated alkanes) is 11. The molecule has 0 N–H and O–H groups in total. The summed E-state index contributed by atoms with van der Waals surface area (Å²) in [6, 6.07) is 0. The molecule has 1 unspecified atom stereocenters. The molecule has 348 valence electrons. The molecule has 0 aliphatic heterocycles. The molecule has 0 aliphatic carbocycles. The third-order valence-electron chi connectivity index (χ3n) is 9.73. The standard InChI is InChI=1S/C56H88O6/c1-4-7-10-13-16-19-21-23-25-27-28-30-31-33-35-37-40-43-46-49-55(58)61-52-53(51-60-54(57)48-45-42-39-18-15-12-9-6-3)62-56(59)50-47-44-41-38-36-34-32-29-26-24-22-20-17-14-11-8-5-2/h7-8,10-11,16-17,19-20,23-26,28,30,32-35,40,43,53H,4-6,9,12-15,18,21-22,27,29,31,36-39,41-42,44-52H2,1-3H3/b10-7-,11-8-,19-16-,20-17-,25-23-,26-24-,30-28-,34-32-,35-33-,43-40-. The minimum Gasteiger partial charge on any atom is -0.462 e. The molecule has 0 aromatic carbocycles. The molecule has 0 saturated carbocycles. The summed E-state index contributed by atoms with van der Waals surface area (Å²) >= 11 is 0. The molecule has 0 spiro atoms. The highest BCUT2D eigenvalue weighted by molar-refractivity contribution is 5.71. The Balaban J connectivity index is 4.50. The smallest absolute Gasteiger partial charge is 0.306 e. The van der Waals surface area contributed by atoms with Crippen LogP contribution in [0.2, 0.25) is 0 Å². The zero-order valence-corrected chi connectivity index (χ0v) is 39.6. The normalized spacial score (nSPS) is 13.1. The minimum absolute atomic E-state index is 0.114. The molecule has 0 radical (unpaired) electrons. The van der Waals surface area contributed by atoms with Gasteiger partial charge in [-0.3, -0.25) is 14.4 Å². The lowest BCUT2D eigenvalue weighted by Gasteiger charge is -2.18. The molecule has 0 fully saturated rings. The van der Waals surface area contributed by atoms with Crippen LogP contribution in [0.25, 0.3) is 0 Å². The number of hydrogen-bond donors (Lipinski definition) is 0. The number of rotatable bonds is 42. The van der Waals surface area contributed by atoms with Crippen molar-refractivity contribution in [2.24, 2.45) is 0 Å². The van der Waals surface area contributed by atoms with Crippen LogP contribution >= 0.6 is 0 Å². The predicted molar refractivity (Wildman–Crippen MR) is 265 cm³/mol. The first kappa shape index (κ1) is 57.8. The van der Waals surface area contributed by atoms with Gasteiger partial charge >= 0.3 is 17.9 Å². The van der Waals surface area contributed by atoms with Gasteiger partial charge in [0.2, 0.25) is 0 Å². The first-order chi connectivity index (χ1) is 30.5. The topological polar surface area (TPSA) is 78.9 Å². The Morgan fingerprint density at radius 1 is 0.339 bits per heavy atom. The number of esters is 3. The van der Waals surface area contributed by atoms with E-state index in [1.807, 2.05) is 12.2 Å². The van der Waals surface area contributed by atoms with Crippen LogP contribution < -0.4 is 0 Å². The molecule has 0 rings (SSSR count). The van der Waals surface area contributed by atoms with E-state index in [9.17, 15) is 14.4 Å². The summed E-state index contributed by atoms with van der Waals surface area (Å²) in [5.74, 6) is -1.04. The Hall–Kier alpha value is -4.19. The van der Waals surface area contributed by atoms with Gasteiger partial charge in [0.1, 0.15) is 13.2 Å². The first-order valence-electron chi connectivity index (χ1n) is 24.5. The maximum atomic E-state index is 12.7. The molecule has 0 aromatic heterocycles. The van der Waals surface area contributed by atoms with Crippen LogP contribution in [0.3, 0.4) is 0 Å². The van der Waals surface area contributed by atoms with Crippen molar-refractivity contribution in [2.75, 3.05) is 13.2 Å². The molecule has 0 amide bonds. The first-order valence-corrected chi connectivity index (χ1v) is 24.5. The van der Waals surface area contributed by atoms with Crippen LogP contribution in [0.5, 0.6) is 0 Å². The van der Waals surface area contributed by atoms with Gasteiger partial charge < -0.3 is 14.2 Å². The van der Waals surface area contributed by atoms with E-state index >= 15 is 0 Å². The average molecular weight is 857 g/mol. The Bertz CT molecular complexity index is 1350.